The van der Waals surface area contributed by atoms with Gasteiger partial charge in [0.05, 0.1) is 12.2 Å². The number of aliphatic carboxylic acids is 1. The molecule has 0 bridgehead atoms. The van der Waals surface area contributed by atoms with E-state index < -0.39 is 5.97 Å². The topological polar surface area (TPSA) is 49.8 Å². The monoisotopic (exact) mass is 196 g/mol. The Morgan fingerprint density at radius 3 is 3.07 bits per heavy atom. The minimum absolute atomic E-state index is 0.432. The lowest BCUT2D eigenvalue weighted by atomic mass is 9.86. The molecule has 0 amide bonds. The SMILES string of the molecule is CC(=CCC1CCCC2OC12)C(=O)O. The number of rotatable bonds is 3. The van der Waals surface area contributed by atoms with Crippen LogP contribution in [0.2, 0.25) is 0 Å². The Hall–Kier alpha value is -0.830. The highest BCUT2D eigenvalue weighted by Gasteiger charge is 2.46. The highest BCUT2D eigenvalue weighted by Crippen LogP contribution is 2.42. The third-order valence-corrected chi connectivity index (χ3v) is 3.21. The molecular weight excluding hydrogens is 180 g/mol. The smallest absolute Gasteiger partial charge is 0.330 e. The Morgan fingerprint density at radius 1 is 1.57 bits per heavy atom. The van der Waals surface area contributed by atoms with Crippen LogP contribution in [0.15, 0.2) is 11.6 Å². The van der Waals surface area contributed by atoms with Gasteiger partial charge in [0.15, 0.2) is 0 Å². The molecular formula is C11H16O3. The number of carboxylic acid groups (broad SMARTS) is 1. The highest BCUT2D eigenvalue weighted by atomic mass is 16.6. The van der Waals surface area contributed by atoms with Gasteiger partial charge in [-0.2, -0.15) is 0 Å². The summed E-state index contributed by atoms with van der Waals surface area (Å²) in [6.07, 6.45) is 7.23. The number of ether oxygens (including phenoxy) is 1. The van der Waals surface area contributed by atoms with Crippen molar-refractivity contribution in [3.8, 4) is 0 Å². The molecule has 3 unspecified atom stereocenters. The first-order valence-corrected chi connectivity index (χ1v) is 5.24. The quantitative estimate of drug-likeness (QED) is 0.554. The Morgan fingerprint density at radius 2 is 2.36 bits per heavy atom. The van der Waals surface area contributed by atoms with Crippen molar-refractivity contribution in [1.82, 2.24) is 0 Å². The van der Waals surface area contributed by atoms with Gasteiger partial charge in [-0.3, -0.25) is 0 Å². The van der Waals surface area contributed by atoms with Crippen LogP contribution in [-0.2, 0) is 9.53 Å². The van der Waals surface area contributed by atoms with Crippen LogP contribution in [0, 0.1) is 5.92 Å². The minimum Gasteiger partial charge on any atom is -0.478 e. The number of fused-ring (bicyclic) bond motifs is 1. The molecule has 0 radical (unpaired) electrons. The molecule has 3 nitrogen and oxygen atoms in total. The second kappa shape index (κ2) is 3.73. The van der Waals surface area contributed by atoms with Crippen molar-refractivity contribution in [1.29, 1.82) is 0 Å². The van der Waals surface area contributed by atoms with Crippen molar-refractivity contribution in [2.45, 2.75) is 44.8 Å². The molecule has 1 saturated carbocycles. The summed E-state index contributed by atoms with van der Waals surface area (Å²) < 4.78 is 5.51. The van der Waals surface area contributed by atoms with Gasteiger partial charge in [0.2, 0.25) is 0 Å². The molecule has 2 aliphatic rings. The maximum atomic E-state index is 10.6. The molecule has 2 rings (SSSR count). The third kappa shape index (κ3) is 1.98. The molecule has 78 valence electrons. The summed E-state index contributed by atoms with van der Waals surface area (Å²) in [7, 11) is 0. The zero-order chi connectivity index (χ0) is 10.1. The fourth-order valence-corrected chi connectivity index (χ4v) is 2.22. The fraction of sp³-hybridized carbons (Fsp3) is 0.727. The molecule has 1 aliphatic carbocycles. The first kappa shape index (κ1) is 9.71. The first-order chi connectivity index (χ1) is 6.68. The van der Waals surface area contributed by atoms with Crippen LogP contribution in [0.3, 0.4) is 0 Å². The number of carboxylic acids is 1. The standard InChI is InChI=1S/C11H16O3/c1-7(11(12)13)5-6-8-3-2-4-9-10(8)14-9/h5,8-10H,2-4,6H2,1H3,(H,12,13). The second-order valence-electron chi connectivity index (χ2n) is 4.26. The molecule has 0 aromatic heterocycles. The van der Waals surface area contributed by atoms with E-state index in [0.29, 0.717) is 23.7 Å². The molecule has 1 aliphatic heterocycles. The predicted molar refractivity (Wildman–Crippen MR) is 52.0 cm³/mol. The van der Waals surface area contributed by atoms with Crippen molar-refractivity contribution in [2.75, 3.05) is 0 Å². The molecule has 1 heterocycles. The highest BCUT2D eigenvalue weighted by molar-refractivity contribution is 5.85. The van der Waals surface area contributed by atoms with E-state index >= 15 is 0 Å². The molecule has 14 heavy (non-hydrogen) atoms. The van der Waals surface area contributed by atoms with Crippen molar-refractivity contribution < 1.29 is 14.6 Å². The average molecular weight is 196 g/mol. The van der Waals surface area contributed by atoms with E-state index in [0.717, 1.165) is 6.42 Å². The maximum Gasteiger partial charge on any atom is 0.330 e. The van der Waals surface area contributed by atoms with Crippen LogP contribution < -0.4 is 0 Å². The van der Waals surface area contributed by atoms with Crippen LogP contribution >= 0.6 is 0 Å². The Kier molecular flexibility index (Phi) is 2.59. The molecule has 2 fully saturated rings. The molecule has 3 heteroatoms. The zero-order valence-corrected chi connectivity index (χ0v) is 8.40. The second-order valence-corrected chi connectivity index (χ2v) is 4.26. The Balaban J connectivity index is 1.85. The van der Waals surface area contributed by atoms with Crippen LogP contribution in [0.5, 0.6) is 0 Å². The number of epoxide rings is 1. The van der Waals surface area contributed by atoms with Gasteiger partial charge in [-0.1, -0.05) is 12.5 Å². The van der Waals surface area contributed by atoms with Gasteiger partial charge in [-0.25, -0.2) is 4.79 Å². The maximum absolute atomic E-state index is 10.6. The largest absolute Gasteiger partial charge is 0.478 e. The van der Waals surface area contributed by atoms with Crippen LogP contribution in [0.4, 0.5) is 0 Å². The fourth-order valence-electron chi connectivity index (χ4n) is 2.22. The van der Waals surface area contributed by atoms with Crippen LogP contribution in [-0.4, -0.2) is 23.3 Å². The van der Waals surface area contributed by atoms with Gasteiger partial charge >= 0.3 is 5.97 Å². The average Bonchev–Trinajstić information content (AvgIpc) is 2.92. The number of carbonyl (C=O) groups is 1. The van der Waals surface area contributed by atoms with E-state index in [9.17, 15) is 4.79 Å². The van der Waals surface area contributed by atoms with E-state index in [2.05, 4.69) is 0 Å². The van der Waals surface area contributed by atoms with Crippen LogP contribution in [0.1, 0.15) is 32.6 Å². The van der Waals surface area contributed by atoms with E-state index in [1.807, 2.05) is 6.08 Å². The van der Waals surface area contributed by atoms with Crippen LogP contribution in [0.25, 0.3) is 0 Å². The lowest BCUT2D eigenvalue weighted by Gasteiger charge is -2.16. The van der Waals surface area contributed by atoms with Crippen molar-refractivity contribution in [3.63, 3.8) is 0 Å². The third-order valence-electron chi connectivity index (χ3n) is 3.21. The van der Waals surface area contributed by atoms with Gasteiger partial charge in [0, 0.05) is 5.57 Å². The zero-order valence-electron chi connectivity index (χ0n) is 8.40. The van der Waals surface area contributed by atoms with E-state index in [1.54, 1.807) is 6.92 Å². The minimum atomic E-state index is -0.811. The van der Waals surface area contributed by atoms with E-state index in [1.165, 1.54) is 19.3 Å². The van der Waals surface area contributed by atoms with Crippen molar-refractivity contribution in [2.24, 2.45) is 5.92 Å². The summed E-state index contributed by atoms with van der Waals surface area (Å²) in [4.78, 5) is 10.6. The summed E-state index contributed by atoms with van der Waals surface area (Å²) in [6, 6.07) is 0. The summed E-state index contributed by atoms with van der Waals surface area (Å²) in [5, 5.41) is 8.69. The molecule has 0 spiro atoms. The predicted octanol–water partition coefficient (Wildman–Crippen LogP) is 1.97. The van der Waals surface area contributed by atoms with Gasteiger partial charge in [-0.15, -0.1) is 0 Å². The summed E-state index contributed by atoms with van der Waals surface area (Å²) >= 11 is 0. The van der Waals surface area contributed by atoms with Gasteiger partial charge in [-0.05, 0) is 32.1 Å². The summed E-state index contributed by atoms with van der Waals surface area (Å²) in [5.74, 6) is -0.253. The molecule has 3 atom stereocenters. The summed E-state index contributed by atoms with van der Waals surface area (Å²) in [6.45, 7) is 1.65. The van der Waals surface area contributed by atoms with Crippen molar-refractivity contribution in [3.05, 3.63) is 11.6 Å². The number of hydrogen-bond acceptors (Lipinski definition) is 2. The number of allylic oxidation sites excluding steroid dienone is 1. The van der Waals surface area contributed by atoms with E-state index in [4.69, 9.17) is 9.84 Å². The molecule has 0 aromatic carbocycles. The molecule has 0 aromatic rings. The summed E-state index contributed by atoms with van der Waals surface area (Å²) in [5.41, 5.74) is 0.452. The Bertz CT molecular complexity index is 270. The van der Waals surface area contributed by atoms with Crippen molar-refractivity contribution >= 4 is 5.97 Å². The first-order valence-electron chi connectivity index (χ1n) is 5.24. The molecule has 1 N–H and O–H groups in total. The normalized spacial score (nSPS) is 36.4. The van der Waals surface area contributed by atoms with E-state index in [-0.39, 0.29) is 0 Å². The lowest BCUT2D eigenvalue weighted by molar-refractivity contribution is -0.132. The van der Waals surface area contributed by atoms with Gasteiger partial charge in [0.1, 0.15) is 0 Å². The molecule has 1 saturated heterocycles. The van der Waals surface area contributed by atoms with Gasteiger partial charge < -0.3 is 9.84 Å². The van der Waals surface area contributed by atoms with Gasteiger partial charge in [0.25, 0.3) is 0 Å². The Labute approximate surface area is 83.8 Å². The number of hydrogen-bond donors (Lipinski definition) is 1. The lowest BCUT2D eigenvalue weighted by Crippen LogP contribution is -2.15.